The fourth-order valence-electron chi connectivity index (χ4n) is 1.14. The van der Waals surface area contributed by atoms with Crippen molar-refractivity contribution in [1.29, 1.82) is 0 Å². The Morgan fingerprint density at radius 2 is 1.35 bits per heavy atom. The molecule has 2 N–H and O–H groups in total. The van der Waals surface area contributed by atoms with Gasteiger partial charge in [-0.3, -0.25) is 0 Å². The average molecular weight is 248 g/mol. The molecule has 102 valence electrons. The Bertz CT molecular complexity index is 167. The normalized spacial score (nSPS) is 28.9. The Morgan fingerprint density at radius 3 is 1.59 bits per heavy atom. The molecule has 2 rings (SSSR count). The van der Waals surface area contributed by atoms with Gasteiger partial charge in [0.2, 0.25) is 0 Å². The van der Waals surface area contributed by atoms with Gasteiger partial charge in [0, 0.05) is 0 Å². The van der Waals surface area contributed by atoms with E-state index in [0.717, 1.165) is 26.4 Å². The van der Waals surface area contributed by atoms with Crippen LogP contribution in [0, 0.1) is 0 Å². The minimum atomic E-state index is -0.274. The third-order valence-electron chi connectivity index (χ3n) is 2.41. The molecule has 4 atom stereocenters. The molecule has 0 aromatic heterocycles. The predicted molar refractivity (Wildman–Crippen MR) is 62.9 cm³/mol. The van der Waals surface area contributed by atoms with Gasteiger partial charge in [0.15, 0.2) is 0 Å². The van der Waals surface area contributed by atoms with Gasteiger partial charge >= 0.3 is 0 Å². The third kappa shape index (κ3) is 10.7. The first-order valence-electron chi connectivity index (χ1n) is 6.25. The van der Waals surface area contributed by atoms with Crippen LogP contribution in [0.5, 0.6) is 0 Å². The quantitative estimate of drug-likeness (QED) is 0.635. The van der Waals surface area contributed by atoms with Crippen molar-refractivity contribution >= 4 is 0 Å². The van der Waals surface area contributed by atoms with Crippen molar-refractivity contribution in [2.24, 2.45) is 0 Å². The zero-order valence-corrected chi connectivity index (χ0v) is 10.7. The summed E-state index contributed by atoms with van der Waals surface area (Å²) >= 11 is 0. The first kappa shape index (κ1) is 14.9. The van der Waals surface area contributed by atoms with Crippen molar-refractivity contribution in [2.45, 2.75) is 51.1 Å². The Hall–Kier alpha value is -0.200. The summed E-state index contributed by atoms with van der Waals surface area (Å²) < 4.78 is 15.1. The molecule has 0 radical (unpaired) electrons. The molecule has 2 heterocycles. The Morgan fingerprint density at radius 1 is 1.00 bits per heavy atom. The minimum Gasteiger partial charge on any atom is -0.393 e. The van der Waals surface area contributed by atoms with Crippen LogP contribution in [0.4, 0.5) is 0 Å². The van der Waals surface area contributed by atoms with Gasteiger partial charge in [-0.2, -0.15) is 0 Å². The first-order valence-corrected chi connectivity index (χ1v) is 6.25. The number of epoxide rings is 2. The van der Waals surface area contributed by atoms with E-state index in [2.05, 4.69) is 0 Å². The second-order valence-electron chi connectivity index (χ2n) is 4.72. The smallest absolute Gasteiger partial charge is 0.104 e. The summed E-state index contributed by atoms with van der Waals surface area (Å²) in [5.74, 6) is 0. The van der Waals surface area contributed by atoms with Crippen LogP contribution in [0.3, 0.4) is 0 Å². The third-order valence-corrected chi connectivity index (χ3v) is 2.41. The number of aliphatic hydroxyl groups is 2. The molecule has 17 heavy (non-hydrogen) atoms. The van der Waals surface area contributed by atoms with Gasteiger partial charge in [-0.1, -0.05) is 0 Å². The van der Waals surface area contributed by atoms with Gasteiger partial charge in [-0.05, 0) is 26.7 Å². The number of ether oxygens (including phenoxy) is 3. The van der Waals surface area contributed by atoms with Crippen LogP contribution in [0.2, 0.25) is 0 Å². The van der Waals surface area contributed by atoms with E-state index in [1.165, 1.54) is 0 Å². The van der Waals surface area contributed by atoms with Crippen LogP contribution in [-0.2, 0) is 14.2 Å². The molecule has 0 bridgehead atoms. The second kappa shape index (κ2) is 8.00. The van der Waals surface area contributed by atoms with Gasteiger partial charge in [-0.25, -0.2) is 0 Å². The van der Waals surface area contributed by atoms with E-state index < -0.39 is 0 Å². The van der Waals surface area contributed by atoms with Crippen LogP contribution in [-0.4, -0.2) is 61.1 Å². The standard InChI is InChI=1S/C6H10O3.C6H14O2/c1(5-3-8-5)7-2-6-4-9-6;1-5(7)3-4-6(2)8/h5-6H,1-4H2;5-8H,3-4H2,1-2H3. The molecule has 0 saturated carbocycles. The first-order chi connectivity index (χ1) is 8.08. The predicted octanol–water partition coefficient (Wildman–Crippen LogP) is 0.329. The molecular formula is C12H24O5. The lowest BCUT2D eigenvalue weighted by molar-refractivity contribution is 0.102. The number of rotatable bonds is 7. The monoisotopic (exact) mass is 248 g/mol. The maximum Gasteiger partial charge on any atom is 0.104 e. The highest BCUT2D eigenvalue weighted by Crippen LogP contribution is 2.12. The average Bonchev–Trinajstić information content (AvgIpc) is 3.09. The van der Waals surface area contributed by atoms with Crippen LogP contribution < -0.4 is 0 Å². The highest BCUT2D eigenvalue weighted by molar-refractivity contribution is 4.71. The van der Waals surface area contributed by atoms with Gasteiger partial charge in [-0.15, -0.1) is 0 Å². The summed E-state index contributed by atoms with van der Waals surface area (Å²) in [6, 6.07) is 0. The van der Waals surface area contributed by atoms with Gasteiger partial charge < -0.3 is 24.4 Å². The maximum absolute atomic E-state index is 8.69. The summed E-state index contributed by atoms with van der Waals surface area (Å²) in [4.78, 5) is 0. The highest BCUT2D eigenvalue weighted by atomic mass is 16.6. The van der Waals surface area contributed by atoms with Gasteiger partial charge in [0.05, 0.1) is 38.6 Å². The van der Waals surface area contributed by atoms with E-state index in [9.17, 15) is 0 Å². The van der Waals surface area contributed by atoms with Gasteiger partial charge in [0.25, 0.3) is 0 Å². The molecule has 2 aliphatic rings. The summed E-state index contributed by atoms with van der Waals surface area (Å²) in [6.07, 6.45) is 1.62. The number of aliphatic hydroxyl groups excluding tert-OH is 2. The second-order valence-corrected chi connectivity index (χ2v) is 4.72. The van der Waals surface area contributed by atoms with Crippen molar-refractivity contribution in [3.63, 3.8) is 0 Å². The minimum absolute atomic E-state index is 0.274. The molecule has 2 saturated heterocycles. The van der Waals surface area contributed by atoms with Crippen LogP contribution >= 0.6 is 0 Å². The van der Waals surface area contributed by atoms with Crippen molar-refractivity contribution in [3.8, 4) is 0 Å². The Balaban J connectivity index is 0.000000172. The van der Waals surface area contributed by atoms with Crippen LogP contribution in [0.25, 0.3) is 0 Å². The van der Waals surface area contributed by atoms with E-state index in [0.29, 0.717) is 25.0 Å². The zero-order valence-electron chi connectivity index (χ0n) is 10.7. The van der Waals surface area contributed by atoms with E-state index in [-0.39, 0.29) is 12.2 Å². The molecule has 0 amide bonds. The van der Waals surface area contributed by atoms with E-state index in [4.69, 9.17) is 24.4 Å². The number of hydrogen-bond acceptors (Lipinski definition) is 5. The fraction of sp³-hybridized carbons (Fsp3) is 1.00. The van der Waals surface area contributed by atoms with Crippen LogP contribution in [0.1, 0.15) is 26.7 Å². The molecule has 2 aliphatic heterocycles. The van der Waals surface area contributed by atoms with Crippen molar-refractivity contribution < 1.29 is 24.4 Å². The topological polar surface area (TPSA) is 74.8 Å². The largest absolute Gasteiger partial charge is 0.393 e. The molecule has 0 aromatic carbocycles. The molecular weight excluding hydrogens is 224 g/mol. The van der Waals surface area contributed by atoms with Crippen molar-refractivity contribution in [2.75, 3.05) is 26.4 Å². The Kier molecular flexibility index (Phi) is 6.99. The summed E-state index contributed by atoms with van der Waals surface area (Å²) in [5.41, 5.74) is 0. The van der Waals surface area contributed by atoms with E-state index >= 15 is 0 Å². The SMILES string of the molecule is C(OCC1CO1)C1CO1.CC(O)CCC(C)O. The summed E-state index contributed by atoms with van der Waals surface area (Å²) in [6.45, 7) is 6.71. The van der Waals surface area contributed by atoms with Crippen molar-refractivity contribution in [3.05, 3.63) is 0 Å². The molecule has 0 aromatic rings. The van der Waals surface area contributed by atoms with E-state index in [1.807, 2.05) is 0 Å². The Labute approximate surface area is 103 Å². The van der Waals surface area contributed by atoms with Gasteiger partial charge in [0.1, 0.15) is 12.2 Å². The van der Waals surface area contributed by atoms with Crippen LogP contribution in [0.15, 0.2) is 0 Å². The fourth-order valence-corrected chi connectivity index (χ4v) is 1.14. The van der Waals surface area contributed by atoms with Crippen molar-refractivity contribution in [1.82, 2.24) is 0 Å². The summed E-state index contributed by atoms with van der Waals surface area (Å²) in [5, 5.41) is 17.4. The summed E-state index contributed by atoms with van der Waals surface area (Å²) in [7, 11) is 0. The lowest BCUT2D eigenvalue weighted by Gasteiger charge is -2.04. The zero-order chi connectivity index (χ0) is 12.7. The highest BCUT2D eigenvalue weighted by Gasteiger charge is 2.26. The molecule has 5 nitrogen and oxygen atoms in total. The molecule has 0 spiro atoms. The molecule has 5 heteroatoms. The maximum atomic E-state index is 8.69. The van der Waals surface area contributed by atoms with E-state index in [1.54, 1.807) is 13.8 Å². The molecule has 0 aliphatic carbocycles. The number of hydrogen-bond donors (Lipinski definition) is 2. The molecule has 2 fully saturated rings. The lowest BCUT2D eigenvalue weighted by atomic mass is 10.1. The lowest BCUT2D eigenvalue weighted by Crippen LogP contribution is -2.06. The molecule has 4 unspecified atom stereocenters.